The number of carbonyl (C=O) groups excluding carboxylic acids is 1. The van der Waals surface area contributed by atoms with Crippen molar-refractivity contribution in [2.45, 2.75) is 0 Å². The number of para-hydroxylation sites is 1. The van der Waals surface area contributed by atoms with E-state index in [4.69, 9.17) is 11.6 Å². The maximum Gasteiger partial charge on any atom is 0.258 e. The molecule has 0 radical (unpaired) electrons. The van der Waals surface area contributed by atoms with E-state index in [1.165, 1.54) is 6.20 Å². The number of hydrogen-bond donors (Lipinski definition) is 1. The van der Waals surface area contributed by atoms with Crippen LogP contribution >= 0.6 is 11.6 Å². The number of anilines is 1. The summed E-state index contributed by atoms with van der Waals surface area (Å²) in [6.45, 7) is 0. The van der Waals surface area contributed by atoms with E-state index in [9.17, 15) is 4.79 Å². The van der Waals surface area contributed by atoms with Crippen LogP contribution in [0.2, 0.25) is 5.02 Å². The van der Waals surface area contributed by atoms with Crippen LogP contribution in [0.25, 0.3) is 16.7 Å². The Hall–Kier alpha value is -3.25. The lowest BCUT2D eigenvalue weighted by atomic mass is 10.2. The van der Waals surface area contributed by atoms with Crippen LogP contribution in [0.5, 0.6) is 0 Å². The van der Waals surface area contributed by atoms with Crippen LogP contribution in [0.4, 0.5) is 5.82 Å². The van der Waals surface area contributed by atoms with Gasteiger partial charge < -0.3 is 5.32 Å². The van der Waals surface area contributed by atoms with E-state index in [1.807, 2.05) is 18.2 Å². The number of nitrogens with zero attached hydrogens (tertiary/aromatic N) is 4. The van der Waals surface area contributed by atoms with Crippen LogP contribution in [0.15, 0.2) is 67.4 Å². The summed E-state index contributed by atoms with van der Waals surface area (Å²) >= 11 is 6.16. The normalized spacial score (nSPS) is 10.8. The van der Waals surface area contributed by atoms with E-state index in [0.29, 0.717) is 27.7 Å². The van der Waals surface area contributed by atoms with Gasteiger partial charge in [-0.1, -0.05) is 23.7 Å². The lowest BCUT2D eigenvalue weighted by Gasteiger charge is -2.07. The highest BCUT2D eigenvalue weighted by Gasteiger charge is 2.09. The van der Waals surface area contributed by atoms with Crippen LogP contribution in [-0.4, -0.2) is 25.4 Å². The number of benzene rings is 1. The predicted octanol–water partition coefficient (Wildman–Crippen LogP) is 3.72. The van der Waals surface area contributed by atoms with Crippen molar-refractivity contribution in [1.82, 2.24) is 19.5 Å². The second-order valence-corrected chi connectivity index (χ2v) is 5.74. The molecule has 4 rings (SSSR count). The van der Waals surface area contributed by atoms with Crippen molar-refractivity contribution in [3.8, 4) is 5.82 Å². The zero-order valence-corrected chi connectivity index (χ0v) is 13.7. The monoisotopic (exact) mass is 349 g/mol. The Morgan fingerprint density at radius 2 is 2.04 bits per heavy atom. The maximum absolute atomic E-state index is 12.4. The van der Waals surface area contributed by atoms with Crippen LogP contribution in [-0.2, 0) is 0 Å². The molecule has 1 amide bonds. The molecule has 0 atom stereocenters. The van der Waals surface area contributed by atoms with Gasteiger partial charge in [0.2, 0.25) is 0 Å². The number of halogens is 1. The zero-order chi connectivity index (χ0) is 17.2. The number of carbonyl (C=O) groups is 1. The molecule has 25 heavy (non-hydrogen) atoms. The second kappa shape index (κ2) is 6.33. The lowest BCUT2D eigenvalue weighted by Crippen LogP contribution is -2.13. The molecule has 122 valence electrons. The molecule has 0 saturated heterocycles. The van der Waals surface area contributed by atoms with Crippen molar-refractivity contribution in [2.24, 2.45) is 0 Å². The molecule has 0 aliphatic rings. The van der Waals surface area contributed by atoms with Crippen LogP contribution in [0.3, 0.4) is 0 Å². The van der Waals surface area contributed by atoms with E-state index < -0.39 is 0 Å². The fourth-order valence-electron chi connectivity index (χ4n) is 2.44. The molecule has 0 saturated carbocycles. The minimum atomic E-state index is -0.288. The van der Waals surface area contributed by atoms with E-state index in [-0.39, 0.29) is 5.91 Å². The Morgan fingerprint density at radius 3 is 2.80 bits per heavy atom. The van der Waals surface area contributed by atoms with Gasteiger partial charge in [-0.05, 0) is 30.3 Å². The quantitative estimate of drug-likeness (QED) is 0.611. The van der Waals surface area contributed by atoms with Gasteiger partial charge in [-0.25, -0.2) is 15.0 Å². The third kappa shape index (κ3) is 3.07. The number of amides is 1. The molecule has 0 unspecified atom stereocenters. The van der Waals surface area contributed by atoms with Gasteiger partial charge in [-0.2, -0.15) is 0 Å². The van der Waals surface area contributed by atoms with E-state index in [2.05, 4.69) is 20.3 Å². The van der Waals surface area contributed by atoms with Gasteiger partial charge in [0, 0.05) is 24.0 Å². The molecule has 0 spiro atoms. The Balaban J connectivity index is 1.56. The van der Waals surface area contributed by atoms with Crippen molar-refractivity contribution < 1.29 is 4.79 Å². The SMILES string of the molecule is O=C(Nc1ccc2cccc(Cl)c2n1)c1ccc(-n2ccnc2)nc1. The molecule has 3 aromatic heterocycles. The summed E-state index contributed by atoms with van der Waals surface area (Å²) in [5.41, 5.74) is 1.08. The number of rotatable bonds is 3. The Bertz CT molecular complexity index is 1040. The summed E-state index contributed by atoms with van der Waals surface area (Å²) in [7, 11) is 0. The number of hydrogen-bond acceptors (Lipinski definition) is 4. The van der Waals surface area contributed by atoms with E-state index in [1.54, 1.807) is 47.6 Å². The van der Waals surface area contributed by atoms with Gasteiger partial charge in [0.1, 0.15) is 18.0 Å². The molecule has 7 heteroatoms. The number of nitrogens with one attached hydrogen (secondary N) is 1. The average Bonchev–Trinajstić information content (AvgIpc) is 3.17. The molecule has 0 aliphatic heterocycles. The standard InChI is InChI=1S/C18H12ClN5O/c19-14-3-1-2-12-4-6-15(22-17(12)14)23-18(25)13-5-7-16(21-10-13)24-9-8-20-11-24/h1-11H,(H,22,23,25). The Labute approximate surface area is 148 Å². The summed E-state index contributed by atoms with van der Waals surface area (Å²) in [6, 6.07) is 12.6. The van der Waals surface area contributed by atoms with Crippen molar-refractivity contribution >= 4 is 34.2 Å². The molecule has 0 fully saturated rings. The van der Waals surface area contributed by atoms with Crippen LogP contribution < -0.4 is 5.32 Å². The third-order valence-corrected chi connectivity index (χ3v) is 4.00. The van der Waals surface area contributed by atoms with Gasteiger partial charge in [0.25, 0.3) is 5.91 Å². The molecule has 3 heterocycles. The molecule has 1 N–H and O–H groups in total. The first-order valence-corrected chi connectivity index (χ1v) is 7.89. The van der Waals surface area contributed by atoms with Crippen molar-refractivity contribution in [2.75, 3.05) is 5.32 Å². The highest BCUT2D eigenvalue weighted by atomic mass is 35.5. The van der Waals surface area contributed by atoms with Gasteiger partial charge in [0.05, 0.1) is 16.1 Å². The molecule has 6 nitrogen and oxygen atoms in total. The van der Waals surface area contributed by atoms with E-state index in [0.717, 1.165) is 5.39 Å². The highest BCUT2D eigenvalue weighted by Crippen LogP contribution is 2.23. The lowest BCUT2D eigenvalue weighted by molar-refractivity contribution is 0.102. The van der Waals surface area contributed by atoms with Crippen molar-refractivity contribution in [3.63, 3.8) is 0 Å². The van der Waals surface area contributed by atoms with E-state index >= 15 is 0 Å². The minimum Gasteiger partial charge on any atom is -0.306 e. The summed E-state index contributed by atoms with van der Waals surface area (Å²) in [5, 5.41) is 4.22. The average molecular weight is 350 g/mol. The fraction of sp³-hybridized carbons (Fsp3) is 0. The molecular formula is C18H12ClN5O. The number of pyridine rings is 2. The predicted molar refractivity (Wildman–Crippen MR) is 96.1 cm³/mol. The van der Waals surface area contributed by atoms with Gasteiger partial charge in [0.15, 0.2) is 0 Å². The molecule has 1 aromatic carbocycles. The number of fused-ring (bicyclic) bond motifs is 1. The third-order valence-electron chi connectivity index (χ3n) is 3.69. The first-order valence-electron chi connectivity index (χ1n) is 7.52. The first-order chi connectivity index (χ1) is 12.2. The smallest absolute Gasteiger partial charge is 0.258 e. The van der Waals surface area contributed by atoms with Gasteiger partial charge in [-0.3, -0.25) is 9.36 Å². The number of imidazole rings is 1. The minimum absolute atomic E-state index is 0.288. The topological polar surface area (TPSA) is 72.7 Å². The van der Waals surface area contributed by atoms with Gasteiger partial charge >= 0.3 is 0 Å². The second-order valence-electron chi connectivity index (χ2n) is 5.34. The van der Waals surface area contributed by atoms with Crippen LogP contribution in [0.1, 0.15) is 10.4 Å². The summed E-state index contributed by atoms with van der Waals surface area (Å²) in [6.07, 6.45) is 6.60. The molecule has 4 aromatic rings. The van der Waals surface area contributed by atoms with Gasteiger partial charge in [-0.15, -0.1) is 0 Å². The van der Waals surface area contributed by atoms with Crippen molar-refractivity contribution in [3.05, 3.63) is 78.0 Å². The highest BCUT2D eigenvalue weighted by molar-refractivity contribution is 6.35. The summed E-state index contributed by atoms with van der Waals surface area (Å²) in [4.78, 5) is 25.0. The molecular weight excluding hydrogens is 338 g/mol. The first kappa shape index (κ1) is 15.3. The summed E-state index contributed by atoms with van der Waals surface area (Å²) < 4.78 is 1.76. The summed E-state index contributed by atoms with van der Waals surface area (Å²) in [5.74, 6) is 0.831. The number of aromatic nitrogens is 4. The molecule has 0 aliphatic carbocycles. The van der Waals surface area contributed by atoms with Crippen LogP contribution in [0, 0.1) is 0 Å². The largest absolute Gasteiger partial charge is 0.306 e. The fourth-order valence-corrected chi connectivity index (χ4v) is 2.66. The molecule has 0 bridgehead atoms. The Morgan fingerprint density at radius 1 is 1.12 bits per heavy atom. The van der Waals surface area contributed by atoms with Crippen molar-refractivity contribution in [1.29, 1.82) is 0 Å². The maximum atomic E-state index is 12.4. The Kier molecular flexibility index (Phi) is 3.87. The zero-order valence-electron chi connectivity index (χ0n) is 12.9.